The topological polar surface area (TPSA) is 152 Å². The first-order valence-electron chi connectivity index (χ1n) is 17.3. The third-order valence-corrected chi connectivity index (χ3v) is 14.0. The lowest BCUT2D eigenvalue weighted by molar-refractivity contribution is 0.0593. The maximum atomic E-state index is 12.3. The average Bonchev–Trinajstić information content (AvgIpc) is 3.55. The predicted octanol–water partition coefficient (Wildman–Crippen LogP) is 5.79. The van der Waals surface area contributed by atoms with Crippen LogP contribution in [0.5, 0.6) is 5.75 Å². The van der Waals surface area contributed by atoms with E-state index in [2.05, 4.69) is 102 Å². The number of carbonyl (C=O) groups is 2. The minimum absolute atomic E-state index is 0.0589. The minimum Gasteiger partial charge on any atom is -0.495 e. The molecule has 274 valence electrons. The third-order valence-electron chi connectivity index (χ3n) is 8.91. The number of fused-ring (bicyclic) bond motifs is 1. The number of anilines is 2. The first-order valence-corrected chi connectivity index (χ1v) is 19.2. The maximum Gasteiger partial charge on any atom is 0.413 e. The molecule has 52 heavy (non-hydrogen) atoms. The number of pyridine rings is 1. The van der Waals surface area contributed by atoms with Gasteiger partial charge in [0.05, 0.1) is 34.1 Å². The van der Waals surface area contributed by atoms with Gasteiger partial charge in [0.2, 0.25) is 5.95 Å². The molecule has 0 radical (unpaired) electrons. The molecule has 3 heterocycles. The van der Waals surface area contributed by atoms with Gasteiger partial charge in [-0.15, -0.1) is 0 Å². The summed E-state index contributed by atoms with van der Waals surface area (Å²) in [5.74, 6) is 0.422. The number of carbonyl (C=O) groups excluding carboxylic acids is 2. The van der Waals surface area contributed by atoms with Gasteiger partial charge in [0.15, 0.2) is 5.82 Å². The van der Waals surface area contributed by atoms with E-state index in [1.807, 2.05) is 12.1 Å². The minimum atomic E-state index is -2.75. The number of nitrogens with zero attached hydrogens (tertiary/aromatic N) is 5. The van der Waals surface area contributed by atoms with Crippen LogP contribution in [0.2, 0.25) is 5.04 Å². The van der Waals surface area contributed by atoms with Crippen molar-refractivity contribution in [2.75, 3.05) is 38.6 Å². The highest BCUT2D eigenvalue weighted by Crippen LogP contribution is 2.37. The van der Waals surface area contributed by atoms with Gasteiger partial charge in [-0.25, -0.2) is 19.6 Å². The molecule has 0 unspecified atom stereocenters. The smallest absolute Gasteiger partial charge is 0.413 e. The number of aromatic nitrogens is 5. The van der Waals surface area contributed by atoms with Crippen molar-refractivity contribution in [2.24, 2.45) is 0 Å². The van der Waals surface area contributed by atoms with Gasteiger partial charge in [-0.3, -0.25) is 10.00 Å². The summed E-state index contributed by atoms with van der Waals surface area (Å²) >= 11 is 0. The molecule has 0 saturated carbocycles. The molecule has 2 N–H and O–H groups in total. The molecule has 1 amide bonds. The van der Waals surface area contributed by atoms with Gasteiger partial charge in [-0.1, -0.05) is 94.8 Å². The van der Waals surface area contributed by atoms with Crippen LogP contribution in [-0.2, 0) is 20.4 Å². The lowest BCUT2D eigenvalue weighted by atomic mass is 10.1. The fourth-order valence-corrected chi connectivity index (χ4v) is 11.1. The maximum absolute atomic E-state index is 12.3. The Labute approximate surface area is 305 Å². The Balaban J connectivity index is 1.50. The Morgan fingerprint density at radius 2 is 1.54 bits per heavy atom. The Hall–Kier alpha value is -5.34. The summed E-state index contributed by atoms with van der Waals surface area (Å²) in [6, 6.07) is 24.3. The van der Waals surface area contributed by atoms with Gasteiger partial charge < -0.3 is 24.0 Å². The predicted molar refractivity (Wildman–Crippen MR) is 203 cm³/mol. The molecule has 1 atom stereocenters. The van der Waals surface area contributed by atoms with Crippen molar-refractivity contribution in [3.05, 3.63) is 90.4 Å². The molecule has 0 aliphatic heterocycles. The summed E-state index contributed by atoms with van der Waals surface area (Å²) in [6.07, 6.45) is 3.28. The van der Waals surface area contributed by atoms with Crippen LogP contribution < -0.4 is 25.7 Å². The second-order valence-electron chi connectivity index (χ2n) is 13.3. The highest BCUT2D eigenvalue weighted by molar-refractivity contribution is 6.99. The van der Waals surface area contributed by atoms with Crippen LogP contribution in [0.3, 0.4) is 0 Å². The van der Waals surface area contributed by atoms with E-state index in [0.717, 1.165) is 12.8 Å². The zero-order valence-corrected chi connectivity index (χ0v) is 31.8. The largest absolute Gasteiger partial charge is 0.495 e. The molecule has 0 saturated heterocycles. The van der Waals surface area contributed by atoms with Gasteiger partial charge in [-0.2, -0.15) is 10.1 Å². The number of ether oxygens (including phenoxy) is 3. The molecule has 13 nitrogen and oxygen atoms in total. The molecule has 0 aliphatic rings. The zero-order valence-electron chi connectivity index (χ0n) is 30.8. The lowest BCUT2D eigenvalue weighted by Crippen LogP contribution is -2.66. The molecule has 0 bridgehead atoms. The molecule has 5 rings (SSSR count). The fraction of sp³-hybridized carbons (Fsp3) is 0.368. The van der Waals surface area contributed by atoms with Crippen LogP contribution in [0.15, 0.2) is 79.0 Å². The Kier molecular flexibility index (Phi) is 12.2. The quantitative estimate of drug-likeness (QED) is 0.0997. The van der Waals surface area contributed by atoms with Crippen LogP contribution in [0.4, 0.5) is 16.6 Å². The first-order chi connectivity index (χ1) is 25.0. The third kappa shape index (κ3) is 8.24. The number of benzene rings is 2. The number of methoxy groups -OCH3 is 3. The normalized spacial score (nSPS) is 12.3. The van der Waals surface area contributed by atoms with E-state index in [-0.39, 0.29) is 29.3 Å². The van der Waals surface area contributed by atoms with E-state index >= 15 is 0 Å². The van der Waals surface area contributed by atoms with E-state index < -0.39 is 20.4 Å². The monoisotopic (exact) mass is 725 g/mol. The van der Waals surface area contributed by atoms with Crippen molar-refractivity contribution in [1.29, 1.82) is 0 Å². The molecule has 3 aromatic heterocycles. The van der Waals surface area contributed by atoms with Crippen molar-refractivity contribution in [1.82, 2.24) is 24.7 Å². The van der Waals surface area contributed by atoms with E-state index in [1.165, 1.54) is 31.7 Å². The second kappa shape index (κ2) is 16.8. The van der Waals surface area contributed by atoms with E-state index in [1.54, 1.807) is 23.0 Å². The molecular formula is C38H47N7O6Si. The number of hydrogen-bond acceptors (Lipinski definition) is 11. The number of amides is 1. The van der Waals surface area contributed by atoms with Gasteiger partial charge in [0.25, 0.3) is 8.32 Å². The molecule has 14 heteroatoms. The second-order valence-corrected chi connectivity index (χ2v) is 17.6. The number of hydrogen-bond donors (Lipinski definition) is 2. The molecule has 0 spiro atoms. The standard InChI is InChI=1S/C38H47N7O6Si/c1-8-15-26(22-23-51-52(38(2,3)4,27-16-11-9-12-17-27)28-18-13-10-14-19-28)40-34-33-30(42-36(43-34)44-37(47)50-7)24-39-45(33)25-31-32(48-5)21-20-29(41-31)35(46)49-6/h9-14,16-21,24,26H,8,15,22-23,25H2,1-7H3,(H2,40,42,43,44,47)/t26-/m0/s1. The van der Waals surface area contributed by atoms with E-state index in [9.17, 15) is 9.59 Å². The summed E-state index contributed by atoms with van der Waals surface area (Å²) in [7, 11) is 1.36. The summed E-state index contributed by atoms with van der Waals surface area (Å²) < 4.78 is 24.2. The molecule has 2 aromatic carbocycles. The van der Waals surface area contributed by atoms with E-state index in [4.69, 9.17) is 23.6 Å². The van der Waals surface area contributed by atoms with Crippen LogP contribution in [0.1, 0.15) is 63.1 Å². The van der Waals surface area contributed by atoms with Gasteiger partial charge in [0, 0.05) is 12.6 Å². The van der Waals surface area contributed by atoms with Gasteiger partial charge in [-0.05, 0) is 40.4 Å². The number of nitrogens with one attached hydrogen (secondary N) is 2. The number of rotatable bonds is 15. The summed E-state index contributed by atoms with van der Waals surface area (Å²) in [4.78, 5) is 38.3. The molecule has 5 aromatic rings. The Morgan fingerprint density at radius 3 is 2.12 bits per heavy atom. The van der Waals surface area contributed by atoms with Crippen LogP contribution in [0, 0.1) is 0 Å². The van der Waals surface area contributed by atoms with Crippen molar-refractivity contribution in [3.63, 3.8) is 0 Å². The SMILES string of the molecule is CCC[C@@H](CCO[Si](c1ccccc1)(c1ccccc1)C(C)(C)C)Nc1nc(NC(=O)OC)nc2cnn(Cc3nc(C(=O)OC)ccc3OC)c12. The Bertz CT molecular complexity index is 1930. The van der Waals surface area contributed by atoms with Crippen LogP contribution in [-0.4, -0.2) is 79.1 Å². The van der Waals surface area contributed by atoms with Crippen LogP contribution in [0.25, 0.3) is 11.0 Å². The van der Waals surface area contributed by atoms with Crippen molar-refractivity contribution >= 4 is 53.6 Å². The Morgan fingerprint density at radius 1 is 0.865 bits per heavy atom. The highest BCUT2D eigenvalue weighted by Gasteiger charge is 2.50. The van der Waals surface area contributed by atoms with Gasteiger partial charge in [0.1, 0.15) is 28.2 Å². The number of esters is 1. The van der Waals surface area contributed by atoms with Crippen molar-refractivity contribution < 1.29 is 28.2 Å². The molecule has 0 fully saturated rings. The average molecular weight is 726 g/mol. The first kappa shape index (κ1) is 37.9. The lowest BCUT2D eigenvalue weighted by Gasteiger charge is -2.43. The summed E-state index contributed by atoms with van der Waals surface area (Å²) in [6.45, 7) is 9.55. The van der Waals surface area contributed by atoms with E-state index in [0.29, 0.717) is 41.3 Å². The zero-order chi connectivity index (χ0) is 37.3. The van der Waals surface area contributed by atoms with Gasteiger partial charge >= 0.3 is 12.1 Å². The highest BCUT2D eigenvalue weighted by atomic mass is 28.4. The van der Waals surface area contributed by atoms with Crippen LogP contribution >= 0.6 is 0 Å². The van der Waals surface area contributed by atoms with Crippen molar-refractivity contribution in [2.45, 2.75) is 64.6 Å². The van der Waals surface area contributed by atoms with Crippen molar-refractivity contribution in [3.8, 4) is 5.75 Å². The molecular weight excluding hydrogens is 679 g/mol. The summed E-state index contributed by atoms with van der Waals surface area (Å²) in [5, 5.41) is 13.1. The fourth-order valence-electron chi connectivity index (χ4n) is 6.51. The molecule has 0 aliphatic carbocycles. The summed E-state index contributed by atoms with van der Waals surface area (Å²) in [5.41, 5.74) is 1.65.